The second-order valence-corrected chi connectivity index (χ2v) is 9.65. The van der Waals surface area contributed by atoms with E-state index in [4.69, 9.17) is 4.74 Å². The van der Waals surface area contributed by atoms with Crippen molar-refractivity contribution in [3.63, 3.8) is 0 Å². The van der Waals surface area contributed by atoms with Crippen LogP contribution in [0.1, 0.15) is 53.5 Å². The van der Waals surface area contributed by atoms with Gasteiger partial charge in [-0.15, -0.1) is 11.3 Å². The monoisotopic (exact) mass is 462 g/mol. The molecule has 0 radical (unpaired) electrons. The van der Waals surface area contributed by atoms with Crippen LogP contribution >= 0.6 is 11.3 Å². The van der Waals surface area contributed by atoms with E-state index < -0.39 is 5.92 Å². The Hall–Kier alpha value is -3.12. The molecule has 6 heteroatoms. The molecule has 0 aliphatic carbocycles. The Morgan fingerprint density at radius 2 is 1.82 bits per heavy atom. The van der Waals surface area contributed by atoms with Gasteiger partial charge in [-0.05, 0) is 48.1 Å². The van der Waals surface area contributed by atoms with Gasteiger partial charge in [0.15, 0.2) is 0 Å². The summed E-state index contributed by atoms with van der Waals surface area (Å²) in [5.74, 6) is 0.348. The summed E-state index contributed by atoms with van der Waals surface area (Å²) in [4.78, 5) is 32.4. The Kier molecular flexibility index (Phi) is 6.84. The number of amides is 2. The SMILES string of the molecule is CCOc1ccccc1N(C)C(=O)[C@H]1c2ccccc2C(=O)N(CC(C)C)[C@H]1c1cccs1. The number of rotatable bonds is 7. The molecule has 172 valence electrons. The van der Waals surface area contributed by atoms with Crippen LogP contribution in [-0.4, -0.2) is 36.9 Å². The van der Waals surface area contributed by atoms with Crippen molar-refractivity contribution in [3.05, 3.63) is 82.0 Å². The smallest absolute Gasteiger partial charge is 0.254 e. The van der Waals surface area contributed by atoms with Crippen molar-refractivity contribution in [2.75, 3.05) is 25.1 Å². The van der Waals surface area contributed by atoms with Gasteiger partial charge in [-0.2, -0.15) is 0 Å². The van der Waals surface area contributed by atoms with Crippen LogP contribution in [0.15, 0.2) is 66.0 Å². The third-order valence-electron chi connectivity index (χ3n) is 5.96. The van der Waals surface area contributed by atoms with Crippen LogP contribution in [0.3, 0.4) is 0 Å². The maximum Gasteiger partial charge on any atom is 0.254 e. The fraction of sp³-hybridized carbons (Fsp3) is 0.333. The largest absolute Gasteiger partial charge is 0.492 e. The Bertz CT molecular complexity index is 1130. The van der Waals surface area contributed by atoms with Gasteiger partial charge in [-0.1, -0.05) is 50.2 Å². The predicted octanol–water partition coefficient (Wildman–Crippen LogP) is 5.75. The Morgan fingerprint density at radius 1 is 1.09 bits per heavy atom. The summed E-state index contributed by atoms with van der Waals surface area (Å²) in [7, 11) is 1.79. The number of anilines is 1. The van der Waals surface area contributed by atoms with Gasteiger partial charge in [-0.3, -0.25) is 9.59 Å². The minimum absolute atomic E-state index is 0.0147. The fourth-order valence-corrected chi connectivity index (χ4v) is 5.44. The molecule has 2 aromatic carbocycles. The first kappa shape index (κ1) is 23.1. The third kappa shape index (κ3) is 4.40. The quantitative estimate of drug-likeness (QED) is 0.449. The lowest BCUT2D eigenvalue weighted by Crippen LogP contribution is -2.48. The molecule has 5 nitrogen and oxygen atoms in total. The molecule has 0 spiro atoms. The van der Waals surface area contributed by atoms with Gasteiger partial charge in [0.2, 0.25) is 5.91 Å². The number of fused-ring (bicyclic) bond motifs is 1. The van der Waals surface area contributed by atoms with E-state index in [-0.39, 0.29) is 23.8 Å². The molecule has 1 aliphatic heterocycles. The minimum Gasteiger partial charge on any atom is -0.492 e. The highest BCUT2D eigenvalue weighted by atomic mass is 32.1. The zero-order valence-corrected chi connectivity index (χ0v) is 20.3. The maximum absolute atomic E-state index is 14.2. The van der Waals surface area contributed by atoms with Gasteiger partial charge >= 0.3 is 0 Å². The number of para-hydroxylation sites is 2. The number of benzene rings is 2. The van der Waals surface area contributed by atoms with Gasteiger partial charge in [0.25, 0.3) is 5.91 Å². The molecule has 2 atom stereocenters. The Labute approximate surface area is 199 Å². The molecule has 0 saturated heterocycles. The van der Waals surface area contributed by atoms with Crippen molar-refractivity contribution < 1.29 is 14.3 Å². The molecular weight excluding hydrogens is 432 g/mol. The first-order valence-corrected chi connectivity index (χ1v) is 12.2. The van der Waals surface area contributed by atoms with E-state index in [1.807, 2.05) is 77.9 Å². The van der Waals surface area contributed by atoms with Crippen LogP contribution in [0.2, 0.25) is 0 Å². The minimum atomic E-state index is -0.518. The zero-order valence-electron chi connectivity index (χ0n) is 19.5. The van der Waals surface area contributed by atoms with E-state index in [1.54, 1.807) is 23.3 Å². The lowest BCUT2D eigenvalue weighted by Gasteiger charge is -2.43. The number of ether oxygens (including phenoxy) is 1. The molecule has 3 aromatic rings. The van der Waals surface area contributed by atoms with Crippen molar-refractivity contribution in [2.24, 2.45) is 5.92 Å². The predicted molar refractivity (Wildman–Crippen MR) is 133 cm³/mol. The van der Waals surface area contributed by atoms with E-state index in [0.29, 0.717) is 24.5 Å². The number of carbonyl (C=O) groups is 2. The van der Waals surface area contributed by atoms with Crippen LogP contribution < -0.4 is 9.64 Å². The lowest BCUT2D eigenvalue weighted by atomic mass is 9.80. The van der Waals surface area contributed by atoms with Gasteiger partial charge in [0.05, 0.1) is 24.3 Å². The molecule has 0 bridgehead atoms. The van der Waals surface area contributed by atoms with Crippen molar-refractivity contribution in [2.45, 2.75) is 32.7 Å². The number of hydrogen-bond acceptors (Lipinski definition) is 4. The molecular formula is C27H30N2O3S. The molecule has 33 heavy (non-hydrogen) atoms. The molecule has 0 saturated carbocycles. The normalized spacial score (nSPS) is 17.7. The van der Waals surface area contributed by atoms with Crippen LogP contribution in [0, 0.1) is 5.92 Å². The summed E-state index contributed by atoms with van der Waals surface area (Å²) in [5, 5.41) is 2.00. The van der Waals surface area contributed by atoms with E-state index in [2.05, 4.69) is 13.8 Å². The second kappa shape index (κ2) is 9.79. The number of likely N-dealkylation sites (N-methyl/N-ethyl adjacent to an activating group) is 1. The molecule has 1 aliphatic rings. The van der Waals surface area contributed by atoms with Crippen molar-refractivity contribution in [3.8, 4) is 5.75 Å². The van der Waals surface area contributed by atoms with Crippen molar-refractivity contribution in [1.82, 2.24) is 4.90 Å². The number of carbonyl (C=O) groups excluding carboxylic acids is 2. The van der Waals surface area contributed by atoms with E-state index in [9.17, 15) is 9.59 Å². The van der Waals surface area contributed by atoms with Gasteiger partial charge in [-0.25, -0.2) is 0 Å². The van der Waals surface area contributed by atoms with Crippen LogP contribution in [0.25, 0.3) is 0 Å². The van der Waals surface area contributed by atoms with Gasteiger partial charge in [0, 0.05) is 24.0 Å². The summed E-state index contributed by atoms with van der Waals surface area (Å²) in [6.45, 7) is 7.22. The maximum atomic E-state index is 14.2. The number of thiophene rings is 1. The molecule has 1 aromatic heterocycles. The highest BCUT2D eigenvalue weighted by molar-refractivity contribution is 7.10. The average molecular weight is 463 g/mol. The van der Waals surface area contributed by atoms with E-state index >= 15 is 0 Å². The van der Waals surface area contributed by atoms with Crippen LogP contribution in [0.5, 0.6) is 5.75 Å². The van der Waals surface area contributed by atoms with Crippen molar-refractivity contribution >= 4 is 28.8 Å². The summed E-state index contributed by atoms with van der Waals surface area (Å²) >= 11 is 1.59. The summed E-state index contributed by atoms with van der Waals surface area (Å²) in [6.07, 6.45) is 0. The molecule has 4 rings (SSSR count). The Morgan fingerprint density at radius 3 is 2.52 bits per heavy atom. The second-order valence-electron chi connectivity index (χ2n) is 8.67. The number of hydrogen-bond donors (Lipinski definition) is 0. The zero-order chi connectivity index (χ0) is 23.5. The summed E-state index contributed by atoms with van der Waals surface area (Å²) in [6, 6.07) is 18.8. The Balaban J connectivity index is 1.85. The molecule has 0 unspecified atom stereocenters. The van der Waals surface area contributed by atoms with Crippen molar-refractivity contribution in [1.29, 1.82) is 0 Å². The first-order valence-electron chi connectivity index (χ1n) is 11.4. The van der Waals surface area contributed by atoms with Crippen LogP contribution in [0.4, 0.5) is 5.69 Å². The highest BCUT2D eigenvalue weighted by Gasteiger charge is 2.45. The molecule has 0 N–H and O–H groups in total. The average Bonchev–Trinajstić information content (AvgIpc) is 3.35. The van der Waals surface area contributed by atoms with E-state index in [0.717, 1.165) is 16.1 Å². The third-order valence-corrected chi connectivity index (χ3v) is 6.90. The van der Waals surface area contributed by atoms with E-state index in [1.165, 1.54) is 0 Å². The van der Waals surface area contributed by atoms with Gasteiger partial charge < -0.3 is 14.5 Å². The molecule has 0 fully saturated rings. The molecule has 2 amide bonds. The topological polar surface area (TPSA) is 49.9 Å². The van der Waals surface area contributed by atoms with Gasteiger partial charge in [0.1, 0.15) is 5.75 Å². The lowest BCUT2D eigenvalue weighted by molar-refractivity contribution is -0.121. The summed E-state index contributed by atoms with van der Waals surface area (Å²) in [5.41, 5.74) is 2.11. The first-order chi connectivity index (χ1) is 15.9. The summed E-state index contributed by atoms with van der Waals surface area (Å²) < 4.78 is 5.80. The fourth-order valence-electron chi connectivity index (χ4n) is 4.57. The number of nitrogens with zero attached hydrogens (tertiary/aromatic N) is 2. The molecule has 2 heterocycles. The highest BCUT2D eigenvalue weighted by Crippen LogP contribution is 2.46. The standard InChI is InChI=1S/C27H30N2O3S/c1-5-32-22-14-9-8-13-21(22)28(4)27(31)24-19-11-6-7-12-20(19)26(30)29(17-18(2)3)25(24)23-15-10-16-33-23/h6-16,18,24-25H,5,17H2,1-4H3/t24-,25-/m0/s1. The van der Waals surface area contributed by atoms with Crippen LogP contribution in [-0.2, 0) is 4.79 Å².